The number of benzene rings is 3. The van der Waals surface area contributed by atoms with Gasteiger partial charge in [-0.1, -0.05) is 48.5 Å². The highest BCUT2D eigenvalue weighted by molar-refractivity contribution is 14.1. The van der Waals surface area contributed by atoms with Crippen LogP contribution in [-0.4, -0.2) is 11.8 Å². The van der Waals surface area contributed by atoms with Gasteiger partial charge in [0.25, 0.3) is 11.8 Å². The van der Waals surface area contributed by atoms with E-state index in [1.807, 2.05) is 73.7 Å². The summed E-state index contributed by atoms with van der Waals surface area (Å²) in [5.74, 6) is -0.593. The number of hydrogen-bond donors (Lipinski definition) is 0. The van der Waals surface area contributed by atoms with Gasteiger partial charge in [0.1, 0.15) is 0 Å². The number of nitrogens with zero attached hydrogens (tertiary/aromatic N) is 1. The molecule has 0 radical (unpaired) electrons. The third-order valence-corrected chi connectivity index (χ3v) is 5.53. The number of amides is 2. The normalized spacial score (nSPS) is 15.2. The molecule has 0 atom stereocenters. The summed E-state index contributed by atoms with van der Waals surface area (Å²) in [5.41, 5.74) is 4.28. The van der Waals surface area contributed by atoms with Crippen LogP contribution in [0.4, 0.5) is 5.69 Å². The predicted molar refractivity (Wildman–Crippen MR) is 116 cm³/mol. The number of fused-ring (bicyclic) bond motifs is 1. The topological polar surface area (TPSA) is 37.4 Å². The van der Waals surface area contributed by atoms with E-state index in [9.17, 15) is 9.59 Å². The molecule has 2 amide bonds. The maximum atomic E-state index is 13.4. The van der Waals surface area contributed by atoms with Crippen LogP contribution in [0.25, 0.3) is 11.6 Å². The molecule has 0 N–H and O–H groups in total. The molecule has 3 nitrogen and oxygen atoms in total. The number of imide groups is 1. The number of rotatable bonds is 2. The quantitative estimate of drug-likeness (QED) is 0.292. The van der Waals surface area contributed by atoms with Crippen LogP contribution < -0.4 is 4.90 Å². The third-order valence-electron chi connectivity index (χ3n) is 4.55. The average Bonchev–Trinajstić information content (AvgIpc) is 2.67. The van der Waals surface area contributed by atoms with E-state index in [0.717, 1.165) is 14.7 Å². The highest BCUT2D eigenvalue weighted by Crippen LogP contribution is 2.34. The second-order valence-electron chi connectivity index (χ2n) is 6.41. The minimum absolute atomic E-state index is 0.291. The van der Waals surface area contributed by atoms with E-state index < -0.39 is 0 Å². The fourth-order valence-corrected chi connectivity index (χ4v) is 3.78. The highest BCUT2D eigenvalue weighted by Gasteiger charge is 2.35. The average molecular weight is 465 g/mol. The lowest BCUT2D eigenvalue weighted by atomic mass is 9.91. The molecule has 0 saturated heterocycles. The number of halogens is 1. The van der Waals surface area contributed by atoms with Crippen LogP contribution in [0.1, 0.15) is 27.0 Å². The van der Waals surface area contributed by atoms with Gasteiger partial charge in [0.15, 0.2) is 0 Å². The summed E-state index contributed by atoms with van der Waals surface area (Å²) in [4.78, 5) is 27.7. The molecule has 27 heavy (non-hydrogen) atoms. The molecule has 1 heterocycles. The first-order chi connectivity index (χ1) is 13.1. The minimum atomic E-state index is -0.302. The molecule has 0 saturated carbocycles. The van der Waals surface area contributed by atoms with Crippen molar-refractivity contribution in [3.8, 4) is 0 Å². The molecule has 4 heteroatoms. The Morgan fingerprint density at radius 3 is 2.26 bits per heavy atom. The lowest BCUT2D eigenvalue weighted by molar-refractivity contribution is -0.112. The van der Waals surface area contributed by atoms with Crippen molar-refractivity contribution in [1.29, 1.82) is 0 Å². The molecule has 0 spiro atoms. The van der Waals surface area contributed by atoms with Crippen LogP contribution in [0.15, 0.2) is 72.8 Å². The van der Waals surface area contributed by atoms with Crippen molar-refractivity contribution in [1.82, 2.24) is 0 Å². The zero-order valence-corrected chi connectivity index (χ0v) is 16.8. The van der Waals surface area contributed by atoms with Crippen LogP contribution in [0, 0.1) is 10.5 Å². The van der Waals surface area contributed by atoms with Crippen molar-refractivity contribution < 1.29 is 9.59 Å². The fraction of sp³-hybridized carbons (Fsp3) is 0.0435. The summed E-state index contributed by atoms with van der Waals surface area (Å²) in [7, 11) is 0. The molecule has 0 fully saturated rings. The Hall–Kier alpha value is -2.73. The zero-order valence-electron chi connectivity index (χ0n) is 14.6. The van der Waals surface area contributed by atoms with Crippen LogP contribution in [0.3, 0.4) is 0 Å². The monoisotopic (exact) mass is 465 g/mol. The molecule has 4 rings (SSSR count). The number of aryl methyl sites for hydroxylation is 1. The fourth-order valence-electron chi connectivity index (χ4n) is 3.24. The van der Waals surface area contributed by atoms with Crippen molar-refractivity contribution in [2.75, 3.05) is 4.90 Å². The lowest BCUT2D eigenvalue weighted by Crippen LogP contribution is -2.41. The molecule has 1 aliphatic rings. The second kappa shape index (κ2) is 7.12. The number of hydrogen-bond acceptors (Lipinski definition) is 2. The predicted octanol–water partition coefficient (Wildman–Crippen LogP) is 5.33. The van der Waals surface area contributed by atoms with E-state index in [4.69, 9.17) is 0 Å². The molecular weight excluding hydrogens is 449 g/mol. The second-order valence-corrected chi connectivity index (χ2v) is 7.57. The van der Waals surface area contributed by atoms with Crippen molar-refractivity contribution >= 4 is 51.7 Å². The molecule has 3 aromatic carbocycles. The van der Waals surface area contributed by atoms with Crippen molar-refractivity contribution in [3.05, 3.63) is 98.6 Å². The van der Waals surface area contributed by atoms with Crippen LogP contribution in [0.2, 0.25) is 0 Å². The van der Waals surface area contributed by atoms with Gasteiger partial charge in [-0.05, 0) is 76.5 Å². The summed E-state index contributed by atoms with van der Waals surface area (Å²) in [6.07, 6.45) is 1.87. The van der Waals surface area contributed by atoms with E-state index in [0.29, 0.717) is 22.4 Å². The van der Waals surface area contributed by atoms with Gasteiger partial charge < -0.3 is 0 Å². The molecule has 0 aromatic heterocycles. The first-order valence-electron chi connectivity index (χ1n) is 8.57. The van der Waals surface area contributed by atoms with Gasteiger partial charge in [-0.25, -0.2) is 4.90 Å². The minimum Gasteiger partial charge on any atom is -0.268 e. The van der Waals surface area contributed by atoms with Crippen molar-refractivity contribution in [3.63, 3.8) is 0 Å². The van der Waals surface area contributed by atoms with E-state index >= 15 is 0 Å². The molecule has 0 aliphatic carbocycles. The van der Waals surface area contributed by atoms with Gasteiger partial charge in [0.05, 0.1) is 5.69 Å². The van der Waals surface area contributed by atoms with Crippen molar-refractivity contribution in [2.24, 2.45) is 0 Å². The summed E-state index contributed by atoms with van der Waals surface area (Å²) < 4.78 is 1.05. The lowest BCUT2D eigenvalue weighted by Gasteiger charge is -2.29. The molecule has 132 valence electrons. The van der Waals surface area contributed by atoms with Gasteiger partial charge in [0.2, 0.25) is 0 Å². The third kappa shape index (κ3) is 3.21. The maximum Gasteiger partial charge on any atom is 0.265 e. The first kappa shape index (κ1) is 17.7. The maximum absolute atomic E-state index is 13.4. The molecule has 1 aliphatic heterocycles. The van der Waals surface area contributed by atoms with Crippen LogP contribution in [-0.2, 0) is 4.79 Å². The van der Waals surface area contributed by atoms with E-state index in [-0.39, 0.29) is 11.8 Å². The van der Waals surface area contributed by atoms with E-state index in [1.165, 1.54) is 4.90 Å². The van der Waals surface area contributed by atoms with Gasteiger partial charge in [0, 0.05) is 14.7 Å². The van der Waals surface area contributed by atoms with Gasteiger partial charge in [-0.15, -0.1) is 0 Å². The summed E-state index contributed by atoms with van der Waals surface area (Å²) in [6, 6.07) is 22.6. The Kier molecular flexibility index (Phi) is 4.66. The summed E-state index contributed by atoms with van der Waals surface area (Å²) in [6.45, 7) is 1.94. The van der Waals surface area contributed by atoms with Crippen LogP contribution >= 0.6 is 22.6 Å². The van der Waals surface area contributed by atoms with Crippen molar-refractivity contribution in [2.45, 2.75) is 6.92 Å². The van der Waals surface area contributed by atoms with E-state index in [1.54, 1.807) is 12.1 Å². The Morgan fingerprint density at radius 2 is 1.52 bits per heavy atom. The largest absolute Gasteiger partial charge is 0.268 e. The molecule has 0 unspecified atom stereocenters. The van der Waals surface area contributed by atoms with Gasteiger partial charge >= 0.3 is 0 Å². The molecule has 3 aromatic rings. The van der Waals surface area contributed by atoms with E-state index in [2.05, 4.69) is 22.6 Å². The molecule has 0 bridgehead atoms. The number of carbonyl (C=O) groups is 2. The Labute approximate surface area is 171 Å². The Morgan fingerprint density at radius 1 is 0.815 bits per heavy atom. The van der Waals surface area contributed by atoms with Gasteiger partial charge in [-0.2, -0.15) is 0 Å². The molecular formula is C23H16INO2. The number of anilines is 1. The smallest absolute Gasteiger partial charge is 0.265 e. The highest BCUT2D eigenvalue weighted by atomic mass is 127. The Balaban J connectivity index is 1.93. The summed E-state index contributed by atoms with van der Waals surface area (Å²) >= 11 is 2.25. The van der Waals surface area contributed by atoms with Crippen LogP contribution in [0.5, 0.6) is 0 Å². The number of carbonyl (C=O) groups excluding carboxylic acids is 2. The first-order valence-corrected chi connectivity index (χ1v) is 9.65. The summed E-state index contributed by atoms with van der Waals surface area (Å²) in [5, 5.41) is 0. The van der Waals surface area contributed by atoms with Gasteiger partial charge in [-0.3, -0.25) is 9.59 Å². The Bertz CT molecular complexity index is 1100. The SMILES string of the molecule is Cc1cccc(N2C(=O)C(=Cc3ccccc3I)c3ccccc3C2=O)c1. The zero-order chi connectivity index (χ0) is 19.0. The standard InChI is InChI=1S/C23H16INO2/c1-15-7-6-9-17(13-15)25-22(26)19-11-4-3-10-18(19)20(23(25)27)14-16-8-2-5-12-21(16)24/h2-14H,1H3.